The summed E-state index contributed by atoms with van der Waals surface area (Å²) in [6, 6.07) is 5.06. The Morgan fingerprint density at radius 1 is 1.50 bits per heavy atom. The molecule has 2 heteroatoms. The van der Waals surface area contributed by atoms with Gasteiger partial charge in [0.1, 0.15) is 0 Å². The molecule has 0 radical (unpaired) electrons. The van der Waals surface area contributed by atoms with Crippen molar-refractivity contribution >= 4 is 17.3 Å². The van der Waals surface area contributed by atoms with Crippen LogP contribution in [-0.4, -0.2) is 0 Å². The van der Waals surface area contributed by atoms with Crippen LogP contribution in [0.1, 0.15) is 5.56 Å². The number of hydrogen-bond acceptors (Lipinski definition) is 1. The molecule has 0 unspecified atom stereocenters. The predicted molar refractivity (Wildman–Crippen MR) is 43.8 cm³/mol. The van der Waals surface area contributed by atoms with E-state index in [-0.39, 0.29) is 0 Å². The number of hydrogen-bond donors (Lipinski definition) is 1. The molecule has 1 nitrogen and oxygen atoms in total. The maximum absolute atomic E-state index is 5.64. The van der Waals surface area contributed by atoms with Crippen molar-refractivity contribution in [2.75, 3.05) is 5.73 Å². The van der Waals surface area contributed by atoms with Gasteiger partial charge < -0.3 is 5.73 Å². The van der Waals surface area contributed by atoms with Gasteiger partial charge in [-0.15, -0.1) is 6.42 Å². The second kappa shape index (κ2) is 2.64. The minimum absolute atomic E-state index is 0.590. The lowest BCUT2D eigenvalue weighted by Crippen LogP contribution is -1.88. The summed E-state index contributed by atoms with van der Waals surface area (Å²) in [6.45, 7) is 0. The highest BCUT2D eigenvalue weighted by atomic mass is 35.5. The summed E-state index contributed by atoms with van der Waals surface area (Å²) < 4.78 is 0. The summed E-state index contributed by atoms with van der Waals surface area (Å²) in [5.74, 6) is 2.43. The van der Waals surface area contributed by atoms with Gasteiger partial charge in [0.25, 0.3) is 0 Å². The van der Waals surface area contributed by atoms with Crippen molar-refractivity contribution in [3.05, 3.63) is 28.8 Å². The van der Waals surface area contributed by atoms with Crippen molar-refractivity contribution in [3.63, 3.8) is 0 Å². The van der Waals surface area contributed by atoms with Gasteiger partial charge in [-0.1, -0.05) is 17.5 Å². The summed E-state index contributed by atoms with van der Waals surface area (Å²) in [6.07, 6.45) is 5.13. The van der Waals surface area contributed by atoms with Crippen molar-refractivity contribution in [1.29, 1.82) is 0 Å². The Morgan fingerprint density at radius 2 is 2.20 bits per heavy atom. The zero-order chi connectivity index (χ0) is 7.56. The molecule has 1 aromatic carbocycles. The van der Waals surface area contributed by atoms with E-state index in [9.17, 15) is 0 Å². The number of halogens is 1. The molecule has 0 amide bonds. The number of benzene rings is 1. The average molecular weight is 152 g/mol. The van der Waals surface area contributed by atoms with E-state index in [2.05, 4.69) is 5.92 Å². The third-order valence-corrected chi connectivity index (χ3v) is 1.41. The number of rotatable bonds is 0. The van der Waals surface area contributed by atoms with Crippen molar-refractivity contribution < 1.29 is 0 Å². The highest BCUT2D eigenvalue weighted by Crippen LogP contribution is 2.16. The third kappa shape index (κ3) is 1.23. The first kappa shape index (κ1) is 6.98. The fourth-order valence-electron chi connectivity index (χ4n) is 0.654. The molecule has 1 rings (SSSR count). The predicted octanol–water partition coefficient (Wildman–Crippen LogP) is 1.90. The van der Waals surface area contributed by atoms with Crippen LogP contribution in [0, 0.1) is 12.3 Å². The fourth-order valence-corrected chi connectivity index (χ4v) is 0.826. The minimum Gasteiger partial charge on any atom is -0.398 e. The van der Waals surface area contributed by atoms with E-state index >= 15 is 0 Å². The summed E-state index contributed by atoms with van der Waals surface area (Å²) in [5.41, 5.74) is 6.73. The summed E-state index contributed by atoms with van der Waals surface area (Å²) >= 11 is 5.64. The molecule has 2 N–H and O–H groups in total. The van der Waals surface area contributed by atoms with Crippen LogP contribution in [0.3, 0.4) is 0 Å². The van der Waals surface area contributed by atoms with E-state index in [1.54, 1.807) is 18.2 Å². The Balaban J connectivity index is 3.25. The standard InChI is InChI=1S/C8H6ClN/c1-2-6-5-7(9)3-4-8(6)10/h1,3-5H,10H2. The molecule has 0 saturated heterocycles. The van der Waals surface area contributed by atoms with Crippen molar-refractivity contribution in [1.82, 2.24) is 0 Å². The number of nitrogens with two attached hydrogens (primary N) is 1. The molecule has 0 saturated carbocycles. The zero-order valence-electron chi connectivity index (χ0n) is 5.26. The maximum atomic E-state index is 5.64. The van der Waals surface area contributed by atoms with E-state index in [0.717, 1.165) is 0 Å². The van der Waals surface area contributed by atoms with Crippen LogP contribution in [0.2, 0.25) is 5.02 Å². The second-order valence-corrected chi connectivity index (χ2v) is 2.31. The monoisotopic (exact) mass is 151 g/mol. The van der Waals surface area contributed by atoms with Crippen LogP contribution in [-0.2, 0) is 0 Å². The average Bonchev–Trinajstić information content (AvgIpc) is 1.94. The molecule has 1 aromatic rings. The van der Waals surface area contributed by atoms with Crippen LogP contribution in [0.25, 0.3) is 0 Å². The molecule has 0 bridgehead atoms. The highest BCUT2D eigenvalue weighted by molar-refractivity contribution is 6.30. The lowest BCUT2D eigenvalue weighted by molar-refractivity contribution is 1.63. The van der Waals surface area contributed by atoms with Gasteiger partial charge >= 0.3 is 0 Å². The van der Waals surface area contributed by atoms with Crippen LogP contribution in [0.5, 0.6) is 0 Å². The molecule has 0 aromatic heterocycles. The Morgan fingerprint density at radius 3 is 2.70 bits per heavy atom. The Hall–Kier alpha value is -1.13. The molecule has 10 heavy (non-hydrogen) atoms. The van der Waals surface area contributed by atoms with E-state index in [0.29, 0.717) is 16.3 Å². The molecule has 0 spiro atoms. The number of anilines is 1. The third-order valence-electron chi connectivity index (χ3n) is 1.17. The molecule has 0 fully saturated rings. The van der Waals surface area contributed by atoms with Crippen molar-refractivity contribution in [2.45, 2.75) is 0 Å². The molecule has 50 valence electrons. The van der Waals surface area contributed by atoms with Crippen LogP contribution in [0.4, 0.5) is 5.69 Å². The van der Waals surface area contributed by atoms with Gasteiger partial charge in [0.05, 0.1) is 0 Å². The Bertz CT molecular complexity index is 286. The van der Waals surface area contributed by atoms with Crippen molar-refractivity contribution in [2.24, 2.45) is 0 Å². The normalized spacial score (nSPS) is 8.80. The van der Waals surface area contributed by atoms with Gasteiger partial charge in [0, 0.05) is 16.3 Å². The topological polar surface area (TPSA) is 26.0 Å². The number of terminal acetylenes is 1. The Labute approximate surface area is 64.8 Å². The van der Waals surface area contributed by atoms with Gasteiger partial charge in [0.2, 0.25) is 0 Å². The van der Waals surface area contributed by atoms with Gasteiger partial charge in [-0.05, 0) is 18.2 Å². The summed E-state index contributed by atoms with van der Waals surface area (Å²) in [4.78, 5) is 0. The molecule has 0 atom stereocenters. The highest BCUT2D eigenvalue weighted by Gasteiger charge is 1.94. The fraction of sp³-hybridized carbons (Fsp3) is 0. The smallest absolute Gasteiger partial charge is 0.0487 e. The SMILES string of the molecule is C#Cc1cc(Cl)ccc1N. The largest absolute Gasteiger partial charge is 0.398 e. The van der Waals surface area contributed by atoms with Gasteiger partial charge in [-0.3, -0.25) is 0 Å². The van der Waals surface area contributed by atoms with E-state index in [1.807, 2.05) is 0 Å². The lowest BCUT2D eigenvalue weighted by atomic mass is 10.2. The zero-order valence-corrected chi connectivity index (χ0v) is 6.02. The lowest BCUT2D eigenvalue weighted by Gasteiger charge is -1.96. The first-order valence-corrected chi connectivity index (χ1v) is 3.13. The van der Waals surface area contributed by atoms with Crippen LogP contribution in [0.15, 0.2) is 18.2 Å². The first-order valence-electron chi connectivity index (χ1n) is 2.75. The molecule has 0 aliphatic rings. The van der Waals surface area contributed by atoms with Crippen LogP contribution >= 0.6 is 11.6 Å². The van der Waals surface area contributed by atoms with E-state index < -0.39 is 0 Å². The molecule has 0 heterocycles. The maximum Gasteiger partial charge on any atom is 0.0487 e. The summed E-state index contributed by atoms with van der Waals surface area (Å²) in [7, 11) is 0. The van der Waals surface area contributed by atoms with Crippen LogP contribution < -0.4 is 5.73 Å². The number of nitrogen functional groups attached to an aromatic ring is 1. The van der Waals surface area contributed by atoms with Crippen molar-refractivity contribution in [3.8, 4) is 12.3 Å². The van der Waals surface area contributed by atoms with Gasteiger partial charge in [-0.2, -0.15) is 0 Å². The molecule has 0 aliphatic carbocycles. The van der Waals surface area contributed by atoms with Gasteiger partial charge in [-0.25, -0.2) is 0 Å². The molecular weight excluding hydrogens is 146 g/mol. The molecular formula is C8H6ClN. The first-order chi connectivity index (χ1) is 4.74. The quantitative estimate of drug-likeness (QED) is 0.445. The van der Waals surface area contributed by atoms with Gasteiger partial charge in [0.15, 0.2) is 0 Å². The van der Waals surface area contributed by atoms with E-state index in [4.69, 9.17) is 23.8 Å². The molecule has 0 aliphatic heterocycles. The summed E-state index contributed by atoms with van der Waals surface area (Å²) in [5, 5.41) is 0.613. The second-order valence-electron chi connectivity index (χ2n) is 1.88. The minimum atomic E-state index is 0.590. The van der Waals surface area contributed by atoms with E-state index in [1.165, 1.54) is 0 Å². The Kier molecular flexibility index (Phi) is 1.84.